The summed E-state index contributed by atoms with van der Waals surface area (Å²) in [6.07, 6.45) is 1.23. The number of rotatable bonds is 9. The molecular weight excluding hydrogens is 450 g/mol. The first-order valence-electron chi connectivity index (χ1n) is 10.4. The molecule has 1 heterocycles. The molecule has 3 aromatic carbocycles. The lowest BCUT2D eigenvalue weighted by atomic mass is 10.2. The Morgan fingerprint density at radius 3 is 2.11 bits per heavy atom. The van der Waals surface area contributed by atoms with Crippen LogP contribution < -0.4 is 20.1 Å². The number of anilines is 4. The second kappa shape index (κ2) is 10.7. The van der Waals surface area contributed by atoms with E-state index in [1.165, 1.54) is 20.5 Å². The molecule has 0 aliphatic rings. The summed E-state index contributed by atoms with van der Waals surface area (Å²) < 4.78 is 10.5. The third-order valence-electron chi connectivity index (χ3n) is 4.83. The second-order valence-corrected chi connectivity index (χ2v) is 7.08. The zero-order valence-corrected chi connectivity index (χ0v) is 18.9. The number of ether oxygens (including phenoxy) is 2. The molecule has 0 radical (unpaired) electrons. The summed E-state index contributed by atoms with van der Waals surface area (Å²) in [5, 5.41) is 26.2. The first kappa shape index (κ1) is 23.1. The van der Waals surface area contributed by atoms with E-state index in [-0.39, 0.29) is 17.3 Å². The van der Waals surface area contributed by atoms with Crippen molar-refractivity contribution in [3.63, 3.8) is 0 Å². The summed E-state index contributed by atoms with van der Waals surface area (Å²) >= 11 is 0. The zero-order chi connectivity index (χ0) is 24.6. The average molecular weight is 471 g/mol. The molecule has 1 aromatic heterocycles. The lowest BCUT2D eigenvalue weighted by Gasteiger charge is -2.13. The van der Waals surface area contributed by atoms with Crippen molar-refractivity contribution in [2.24, 2.45) is 10.2 Å². The Bertz CT molecular complexity index is 1350. The molecule has 176 valence electrons. The van der Waals surface area contributed by atoms with Crippen molar-refractivity contribution in [2.45, 2.75) is 0 Å². The van der Waals surface area contributed by atoms with Crippen LogP contribution in [0.2, 0.25) is 0 Å². The number of methoxy groups -OCH3 is 2. The third-order valence-corrected chi connectivity index (χ3v) is 4.83. The van der Waals surface area contributed by atoms with Crippen molar-refractivity contribution in [1.29, 1.82) is 0 Å². The summed E-state index contributed by atoms with van der Waals surface area (Å²) in [4.78, 5) is 19.5. The zero-order valence-electron chi connectivity index (χ0n) is 18.9. The van der Waals surface area contributed by atoms with E-state index in [1.54, 1.807) is 42.5 Å². The quantitative estimate of drug-likeness (QED) is 0.165. The van der Waals surface area contributed by atoms with Gasteiger partial charge in [0, 0.05) is 11.8 Å². The molecular formula is C24H21N7O4. The van der Waals surface area contributed by atoms with Gasteiger partial charge < -0.3 is 20.1 Å². The monoisotopic (exact) mass is 471 g/mol. The van der Waals surface area contributed by atoms with Crippen LogP contribution in [0.15, 0.2) is 89.4 Å². The van der Waals surface area contributed by atoms with E-state index in [0.29, 0.717) is 28.6 Å². The molecule has 2 N–H and O–H groups in total. The highest BCUT2D eigenvalue weighted by Gasteiger charge is 2.24. The predicted octanol–water partition coefficient (Wildman–Crippen LogP) is 6.30. The normalized spacial score (nSPS) is 10.7. The van der Waals surface area contributed by atoms with Crippen LogP contribution in [0.4, 0.5) is 40.1 Å². The average Bonchev–Trinajstić information content (AvgIpc) is 2.89. The second-order valence-electron chi connectivity index (χ2n) is 7.08. The number of azo groups is 1. The predicted molar refractivity (Wildman–Crippen MR) is 132 cm³/mol. The lowest BCUT2D eigenvalue weighted by molar-refractivity contribution is -0.383. The number of nitrogens with zero attached hydrogens (tertiary/aromatic N) is 5. The highest BCUT2D eigenvalue weighted by molar-refractivity contribution is 5.78. The van der Waals surface area contributed by atoms with Crippen molar-refractivity contribution in [1.82, 2.24) is 9.97 Å². The van der Waals surface area contributed by atoms with E-state index >= 15 is 0 Å². The van der Waals surface area contributed by atoms with Crippen LogP contribution in [0.5, 0.6) is 11.5 Å². The van der Waals surface area contributed by atoms with Gasteiger partial charge in [-0.3, -0.25) is 10.1 Å². The van der Waals surface area contributed by atoms with Gasteiger partial charge in [-0.2, -0.15) is 10.2 Å². The minimum Gasteiger partial charge on any atom is -0.497 e. The molecule has 0 bridgehead atoms. The van der Waals surface area contributed by atoms with Crippen molar-refractivity contribution < 1.29 is 14.4 Å². The van der Waals surface area contributed by atoms with Crippen LogP contribution in [0.3, 0.4) is 0 Å². The van der Waals surface area contributed by atoms with Gasteiger partial charge in [-0.15, -0.1) is 0 Å². The number of nitro groups is 1. The Morgan fingerprint density at radius 2 is 1.49 bits per heavy atom. The molecule has 0 fully saturated rings. The third kappa shape index (κ3) is 5.66. The minimum atomic E-state index is -0.552. The summed E-state index contributed by atoms with van der Waals surface area (Å²) in [6, 6.07) is 21.3. The molecule has 4 rings (SSSR count). The van der Waals surface area contributed by atoms with E-state index in [2.05, 4.69) is 30.8 Å². The maximum Gasteiger partial charge on any atom is 0.353 e. The summed E-state index contributed by atoms with van der Waals surface area (Å²) in [5.74, 6) is 1.05. The molecule has 0 amide bonds. The van der Waals surface area contributed by atoms with Crippen LogP contribution in [0.1, 0.15) is 0 Å². The first-order valence-corrected chi connectivity index (χ1v) is 10.4. The van der Waals surface area contributed by atoms with Gasteiger partial charge >= 0.3 is 5.69 Å². The highest BCUT2D eigenvalue weighted by Crippen LogP contribution is 2.37. The fourth-order valence-corrected chi connectivity index (χ4v) is 3.12. The standard InChI is InChI=1S/C24H21N7O4/c1-34-19-12-13-20(21(14-19)35-2)28-24-22(31(32)33)23(25-15-26-24)27-16-8-10-18(11-9-16)30-29-17-6-4-3-5-7-17/h3-15H,1-2H3,(H2,25,26,27,28). The van der Waals surface area contributed by atoms with Crippen LogP contribution in [0, 0.1) is 10.1 Å². The summed E-state index contributed by atoms with van der Waals surface area (Å²) in [6.45, 7) is 0. The van der Waals surface area contributed by atoms with E-state index in [9.17, 15) is 10.1 Å². The molecule has 0 aliphatic heterocycles. The van der Waals surface area contributed by atoms with Gasteiger partial charge in [0.1, 0.15) is 17.8 Å². The molecule has 11 heteroatoms. The van der Waals surface area contributed by atoms with E-state index in [1.807, 2.05) is 30.3 Å². The maximum absolute atomic E-state index is 11.9. The van der Waals surface area contributed by atoms with Gasteiger partial charge in [0.2, 0.25) is 11.6 Å². The Morgan fingerprint density at radius 1 is 0.829 bits per heavy atom. The van der Waals surface area contributed by atoms with E-state index in [0.717, 1.165) is 5.69 Å². The number of hydrogen-bond acceptors (Lipinski definition) is 10. The van der Waals surface area contributed by atoms with Gasteiger partial charge in [0.25, 0.3) is 0 Å². The molecule has 0 aliphatic carbocycles. The van der Waals surface area contributed by atoms with Gasteiger partial charge in [0.15, 0.2) is 0 Å². The van der Waals surface area contributed by atoms with Crippen LogP contribution in [-0.4, -0.2) is 29.1 Å². The molecule has 0 spiro atoms. The Balaban J connectivity index is 1.56. The first-order chi connectivity index (χ1) is 17.1. The summed E-state index contributed by atoms with van der Waals surface area (Å²) in [5.41, 5.74) is 2.11. The van der Waals surface area contributed by atoms with Crippen molar-refractivity contribution in [3.8, 4) is 11.5 Å². The topological polar surface area (TPSA) is 136 Å². The van der Waals surface area contributed by atoms with Crippen LogP contribution in [-0.2, 0) is 0 Å². The summed E-state index contributed by atoms with van der Waals surface area (Å²) in [7, 11) is 3.03. The Hall–Kier alpha value is -5.06. The Labute approximate surface area is 200 Å². The number of benzene rings is 3. The highest BCUT2D eigenvalue weighted by atomic mass is 16.6. The fourth-order valence-electron chi connectivity index (χ4n) is 3.12. The SMILES string of the molecule is COc1ccc(Nc2ncnc(Nc3ccc(N=Nc4ccccc4)cc3)c2[N+](=O)[O-])c(OC)c1. The number of hydrogen-bond donors (Lipinski definition) is 2. The van der Waals surface area contributed by atoms with Crippen molar-refractivity contribution in [2.75, 3.05) is 24.9 Å². The molecule has 4 aromatic rings. The Kier molecular flexibility index (Phi) is 7.07. The van der Waals surface area contributed by atoms with Crippen molar-refractivity contribution >= 4 is 40.1 Å². The minimum absolute atomic E-state index is 0.00393. The van der Waals surface area contributed by atoms with E-state index < -0.39 is 4.92 Å². The largest absolute Gasteiger partial charge is 0.497 e. The number of aromatic nitrogens is 2. The van der Waals surface area contributed by atoms with Gasteiger partial charge in [-0.1, -0.05) is 18.2 Å². The molecule has 11 nitrogen and oxygen atoms in total. The van der Waals surface area contributed by atoms with Crippen LogP contribution in [0.25, 0.3) is 0 Å². The van der Waals surface area contributed by atoms with Crippen LogP contribution >= 0.6 is 0 Å². The van der Waals surface area contributed by atoms with Crippen molar-refractivity contribution in [3.05, 3.63) is 89.2 Å². The van der Waals surface area contributed by atoms with E-state index in [4.69, 9.17) is 9.47 Å². The molecule has 0 unspecified atom stereocenters. The fraction of sp³-hybridized carbons (Fsp3) is 0.0833. The lowest BCUT2D eigenvalue weighted by Crippen LogP contribution is -2.06. The molecule has 0 saturated heterocycles. The molecule has 35 heavy (non-hydrogen) atoms. The molecule has 0 saturated carbocycles. The maximum atomic E-state index is 11.9. The number of nitrogens with one attached hydrogen (secondary N) is 2. The van der Waals surface area contributed by atoms with Gasteiger partial charge in [-0.25, -0.2) is 9.97 Å². The van der Waals surface area contributed by atoms with Gasteiger partial charge in [0.05, 0.1) is 36.2 Å². The van der Waals surface area contributed by atoms with Gasteiger partial charge in [-0.05, 0) is 48.5 Å². The molecule has 0 atom stereocenters. The smallest absolute Gasteiger partial charge is 0.353 e.